The van der Waals surface area contributed by atoms with Crippen molar-refractivity contribution in [1.82, 2.24) is 10.7 Å². The molecule has 0 saturated carbocycles. The first-order chi connectivity index (χ1) is 16.4. The van der Waals surface area contributed by atoms with Crippen molar-refractivity contribution in [3.05, 3.63) is 93.5 Å². The quantitative estimate of drug-likeness (QED) is 0.325. The zero-order chi connectivity index (χ0) is 24.5. The molecule has 0 radical (unpaired) electrons. The van der Waals surface area contributed by atoms with Crippen molar-refractivity contribution in [2.24, 2.45) is 5.10 Å². The Morgan fingerprint density at radius 2 is 1.79 bits per heavy atom. The first kappa shape index (κ1) is 25.1. The van der Waals surface area contributed by atoms with Crippen LogP contribution in [0.3, 0.4) is 0 Å². The molecule has 1 atom stereocenters. The monoisotopic (exact) mass is 499 g/mol. The number of methoxy groups -OCH3 is 1. The van der Waals surface area contributed by atoms with Gasteiger partial charge in [-0.15, -0.1) is 0 Å². The van der Waals surface area contributed by atoms with E-state index in [4.69, 9.17) is 32.7 Å². The average molecular weight is 500 g/mol. The van der Waals surface area contributed by atoms with Crippen LogP contribution in [-0.4, -0.2) is 31.2 Å². The fourth-order valence-electron chi connectivity index (χ4n) is 2.87. The Bertz CT molecular complexity index is 1180. The lowest BCUT2D eigenvalue weighted by atomic mass is 10.2. The molecule has 176 valence electrons. The van der Waals surface area contributed by atoms with Crippen LogP contribution in [0.1, 0.15) is 28.4 Å². The minimum Gasteiger partial charge on any atom is -0.497 e. The smallest absolute Gasteiger partial charge is 0.262 e. The van der Waals surface area contributed by atoms with Crippen LogP contribution in [0, 0.1) is 0 Å². The Balaban J connectivity index is 1.59. The summed E-state index contributed by atoms with van der Waals surface area (Å²) in [7, 11) is 1.54. The van der Waals surface area contributed by atoms with Gasteiger partial charge in [-0.3, -0.25) is 9.59 Å². The first-order valence-electron chi connectivity index (χ1n) is 10.3. The van der Waals surface area contributed by atoms with Gasteiger partial charge in [0.25, 0.3) is 11.8 Å². The maximum absolute atomic E-state index is 12.4. The summed E-state index contributed by atoms with van der Waals surface area (Å²) >= 11 is 12.3. The van der Waals surface area contributed by atoms with Crippen LogP contribution in [0.4, 0.5) is 0 Å². The molecule has 0 aliphatic carbocycles. The van der Waals surface area contributed by atoms with Crippen molar-refractivity contribution in [3.8, 4) is 11.5 Å². The molecule has 7 nitrogen and oxygen atoms in total. The van der Waals surface area contributed by atoms with E-state index in [2.05, 4.69) is 15.8 Å². The fourth-order valence-corrected chi connectivity index (χ4v) is 3.24. The first-order valence-corrected chi connectivity index (χ1v) is 11.1. The fraction of sp³-hybridized carbons (Fsp3) is 0.160. The van der Waals surface area contributed by atoms with Gasteiger partial charge in [0.1, 0.15) is 24.1 Å². The number of rotatable bonds is 9. The molecular formula is C25H23Cl2N3O4. The van der Waals surface area contributed by atoms with Gasteiger partial charge < -0.3 is 14.8 Å². The van der Waals surface area contributed by atoms with Gasteiger partial charge in [0.2, 0.25) is 0 Å². The van der Waals surface area contributed by atoms with Gasteiger partial charge in [-0.1, -0.05) is 41.4 Å². The summed E-state index contributed by atoms with van der Waals surface area (Å²) in [5.41, 5.74) is 4.21. The zero-order valence-electron chi connectivity index (χ0n) is 18.5. The Labute approximate surface area is 207 Å². The molecule has 0 saturated heterocycles. The van der Waals surface area contributed by atoms with Crippen molar-refractivity contribution >= 4 is 41.2 Å². The Hall–Kier alpha value is -3.55. The molecule has 0 heterocycles. The minimum absolute atomic E-state index is 0.253. The minimum atomic E-state index is -0.818. The molecule has 2 amide bonds. The van der Waals surface area contributed by atoms with Crippen molar-refractivity contribution in [3.63, 3.8) is 0 Å². The molecule has 0 spiro atoms. The summed E-state index contributed by atoms with van der Waals surface area (Å²) in [5, 5.41) is 7.69. The van der Waals surface area contributed by atoms with Crippen LogP contribution in [0.2, 0.25) is 10.0 Å². The summed E-state index contributed by atoms with van der Waals surface area (Å²) in [5.74, 6) is 0.272. The van der Waals surface area contributed by atoms with Gasteiger partial charge in [0.05, 0.1) is 13.3 Å². The van der Waals surface area contributed by atoms with E-state index in [9.17, 15) is 9.59 Å². The second-order valence-corrected chi connectivity index (χ2v) is 8.06. The van der Waals surface area contributed by atoms with Crippen molar-refractivity contribution in [2.75, 3.05) is 7.11 Å². The number of carbonyl (C=O) groups excluding carboxylic acids is 2. The molecule has 1 unspecified atom stereocenters. The van der Waals surface area contributed by atoms with E-state index in [1.54, 1.807) is 62.6 Å². The molecule has 34 heavy (non-hydrogen) atoms. The third kappa shape index (κ3) is 6.97. The molecule has 3 rings (SSSR count). The van der Waals surface area contributed by atoms with Gasteiger partial charge in [-0.2, -0.15) is 5.10 Å². The highest BCUT2D eigenvalue weighted by Crippen LogP contribution is 2.24. The number of hydrogen-bond acceptors (Lipinski definition) is 5. The third-order valence-corrected chi connectivity index (χ3v) is 5.39. The number of nitrogens with zero attached hydrogens (tertiary/aromatic N) is 1. The van der Waals surface area contributed by atoms with Crippen molar-refractivity contribution < 1.29 is 19.1 Å². The SMILES string of the molecule is COc1ccc(C(=O)NC(C)C(=O)NN=Cc2cc(Cl)ccc2OCc2ccccc2Cl)cc1. The molecule has 0 aromatic heterocycles. The largest absolute Gasteiger partial charge is 0.497 e. The van der Waals surface area contributed by atoms with E-state index in [1.165, 1.54) is 6.21 Å². The number of carbonyl (C=O) groups is 2. The van der Waals surface area contributed by atoms with Crippen LogP contribution in [0.25, 0.3) is 0 Å². The summed E-state index contributed by atoms with van der Waals surface area (Å²) in [6.45, 7) is 1.81. The summed E-state index contributed by atoms with van der Waals surface area (Å²) in [4.78, 5) is 24.7. The van der Waals surface area contributed by atoms with E-state index in [0.29, 0.717) is 32.7 Å². The lowest BCUT2D eigenvalue weighted by molar-refractivity contribution is -0.122. The highest BCUT2D eigenvalue weighted by molar-refractivity contribution is 6.31. The maximum Gasteiger partial charge on any atom is 0.262 e. The van der Waals surface area contributed by atoms with Crippen LogP contribution >= 0.6 is 23.2 Å². The topological polar surface area (TPSA) is 89.0 Å². The number of nitrogens with one attached hydrogen (secondary N) is 2. The second-order valence-electron chi connectivity index (χ2n) is 7.22. The number of benzene rings is 3. The number of amides is 2. The molecule has 3 aromatic carbocycles. The van der Waals surface area contributed by atoms with E-state index < -0.39 is 11.9 Å². The summed E-state index contributed by atoms with van der Waals surface area (Å²) < 4.78 is 10.9. The summed E-state index contributed by atoms with van der Waals surface area (Å²) in [6, 6.07) is 18.2. The lowest BCUT2D eigenvalue weighted by Gasteiger charge is -2.13. The highest BCUT2D eigenvalue weighted by atomic mass is 35.5. The predicted molar refractivity (Wildman–Crippen MR) is 133 cm³/mol. The van der Waals surface area contributed by atoms with E-state index in [1.807, 2.05) is 18.2 Å². The standard InChI is InChI=1S/C25H23Cl2N3O4/c1-16(29-25(32)17-7-10-21(33-2)11-8-17)24(31)30-28-14-19-13-20(26)9-12-23(19)34-15-18-5-3-4-6-22(18)27/h3-14,16H,15H2,1-2H3,(H,29,32)(H,30,31). The number of halogens is 2. The Morgan fingerprint density at radius 1 is 1.06 bits per heavy atom. The average Bonchev–Trinajstić information content (AvgIpc) is 2.84. The van der Waals surface area contributed by atoms with Crippen LogP contribution in [-0.2, 0) is 11.4 Å². The number of hydrazone groups is 1. The normalized spacial score (nSPS) is 11.6. The van der Waals surface area contributed by atoms with E-state index >= 15 is 0 Å². The van der Waals surface area contributed by atoms with Crippen LogP contribution < -0.4 is 20.2 Å². The van der Waals surface area contributed by atoms with E-state index in [0.717, 1.165) is 5.56 Å². The third-order valence-electron chi connectivity index (χ3n) is 4.78. The van der Waals surface area contributed by atoms with Crippen LogP contribution in [0.5, 0.6) is 11.5 Å². The molecule has 0 aliphatic heterocycles. The zero-order valence-corrected chi connectivity index (χ0v) is 20.1. The van der Waals surface area contributed by atoms with Gasteiger partial charge in [0.15, 0.2) is 0 Å². The Morgan fingerprint density at radius 3 is 2.50 bits per heavy atom. The molecular weight excluding hydrogens is 477 g/mol. The van der Waals surface area contributed by atoms with Crippen molar-refractivity contribution in [2.45, 2.75) is 19.6 Å². The lowest BCUT2D eigenvalue weighted by Crippen LogP contribution is -2.43. The molecule has 0 bridgehead atoms. The van der Waals surface area contributed by atoms with Gasteiger partial charge in [-0.25, -0.2) is 5.43 Å². The predicted octanol–water partition coefficient (Wildman–Crippen LogP) is 4.85. The summed E-state index contributed by atoms with van der Waals surface area (Å²) in [6.07, 6.45) is 1.42. The van der Waals surface area contributed by atoms with Gasteiger partial charge in [0, 0.05) is 26.7 Å². The number of ether oxygens (including phenoxy) is 2. The van der Waals surface area contributed by atoms with Gasteiger partial charge in [-0.05, 0) is 55.5 Å². The van der Waals surface area contributed by atoms with E-state index in [-0.39, 0.29) is 12.5 Å². The molecule has 0 aliphatic rings. The van der Waals surface area contributed by atoms with Crippen molar-refractivity contribution in [1.29, 1.82) is 0 Å². The molecule has 2 N–H and O–H groups in total. The molecule has 0 fully saturated rings. The highest BCUT2D eigenvalue weighted by Gasteiger charge is 2.16. The molecule has 9 heteroatoms. The Kier molecular flexibility index (Phi) is 8.90. The number of hydrogen-bond donors (Lipinski definition) is 2. The maximum atomic E-state index is 12.4. The van der Waals surface area contributed by atoms with Gasteiger partial charge >= 0.3 is 0 Å². The second kappa shape index (κ2) is 12.1. The molecule has 3 aromatic rings. The van der Waals surface area contributed by atoms with Crippen LogP contribution in [0.15, 0.2) is 71.8 Å².